The fourth-order valence-electron chi connectivity index (χ4n) is 2.30. The van der Waals surface area contributed by atoms with E-state index in [-0.39, 0.29) is 0 Å². The van der Waals surface area contributed by atoms with Gasteiger partial charge in [-0.25, -0.2) is 0 Å². The van der Waals surface area contributed by atoms with Crippen LogP contribution in [0.1, 0.15) is 43.0 Å². The Morgan fingerprint density at radius 1 is 1.20 bits per heavy atom. The van der Waals surface area contributed by atoms with E-state index in [2.05, 4.69) is 48.5 Å². The molecule has 0 spiro atoms. The second-order valence-corrected chi connectivity index (χ2v) is 5.50. The van der Waals surface area contributed by atoms with E-state index < -0.39 is 0 Å². The highest BCUT2D eigenvalue weighted by atomic mass is 15.3. The van der Waals surface area contributed by atoms with Crippen LogP contribution in [0, 0.1) is 6.92 Å². The van der Waals surface area contributed by atoms with Gasteiger partial charge in [-0.1, -0.05) is 38.1 Å². The van der Waals surface area contributed by atoms with E-state index in [4.69, 9.17) is 0 Å². The van der Waals surface area contributed by atoms with Gasteiger partial charge in [-0.05, 0) is 43.0 Å². The number of rotatable bonds is 7. The van der Waals surface area contributed by atoms with Crippen molar-refractivity contribution in [2.24, 2.45) is 0 Å². The molecule has 0 radical (unpaired) electrons. The summed E-state index contributed by atoms with van der Waals surface area (Å²) in [4.78, 5) is 0. The smallest absolute Gasteiger partial charge is 0.0659 e. The summed E-state index contributed by atoms with van der Waals surface area (Å²) < 4.78 is 1.98. The Kier molecular flexibility index (Phi) is 5.36. The lowest BCUT2D eigenvalue weighted by Gasteiger charge is -2.13. The molecule has 1 aromatic carbocycles. The molecule has 1 heterocycles. The first-order valence-corrected chi connectivity index (χ1v) is 7.48. The summed E-state index contributed by atoms with van der Waals surface area (Å²) in [6, 6.07) is 10.9. The molecule has 0 fully saturated rings. The minimum Gasteiger partial charge on any atom is -0.316 e. The highest BCUT2D eigenvalue weighted by molar-refractivity contribution is 5.25. The molecule has 1 unspecified atom stereocenters. The molecule has 1 N–H and O–H groups in total. The average molecular weight is 271 g/mol. The van der Waals surface area contributed by atoms with Crippen LogP contribution in [-0.2, 0) is 6.54 Å². The Hall–Kier alpha value is -1.61. The van der Waals surface area contributed by atoms with E-state index in [0.29, 0.717) is 5.92 Å². The van der Waals surface area contributed by atoms with Crippen molar-refractivity contribution >= 4 is 0 Å². The first-order chi connectivity index (χ1) is 9.69. The largest absolute Gasteiger partial charge is 0.316 e. The molecule has 2 rings (SSSR count). The highest BCUT2D eigenvalue weighted by Gasteiger charge is 2.05. The maximum Gasteiger partial charge on any atom is 0.0659 e. The lowest BCUT2D eigenvalue weighted by atomic mass is 10.00. The standard InChI is InChI=1S/C17H25N3/c1-4-10-18-12-14(2)17-7-5-16(6-8-17)13-20-11-9-15(3)19-20/h5-9,11,14,18H,4,10,12-13H2,1-3H3. The zero-order valence-corrected chi connectivity index (χ0v) is 12.8. The van der Waals surface area contributed by atoms with E-state index in [9.17, 15) is 0 Å². The van der Waals surface area contributed by atoms with Crippen LogP contribution in [0.3, 0.4) is 0 Å². The Bertz CT molecular complexity index is 513. The van der Waals surface area contributed by atoms with E-state index in [0.717, 1.165) is 25.3 Å². The predicted molar refractivity (Wildman–Crippen MR) is 84.1 cm³/mol. The number of nitrogens with zero attached hydrogens (tertiary/aromatic N) is 2. The van der Waals surface area contributed by atoms with Crippen LogP contribution in [0.15, 0.2) is 36.5 Å². The van der Waals surface area contributed by atoms with E-state index in [1.165, 1.54) is 17.5 Å². The van der Waals surface area contributed by atoms with Crippen molar-refractivity contribution in [3.05, 3.63) is 53.3 Å². The van der Waals surface area contributed by atoms with Gasteiger partial charge < -0.3 is 5.32 Å². The molecule has 1 aromatic heterocycles. The number of hydrogen-bond acceptors (Lipinski definition) is 2. The zero-order valence-electron chi connectivity index (χ0n) is 12.8. The number of aryl methyl sites for hydroxylation is 1. The fourth-order valence-corrected chi connectivity index (χ4v) is 2.30. The van der Waals surface area contributed by atoms with Crippen molar-refractivity contribution in [1.82, 2.24) is 15.1 Å². The van der Waals surface area contributed by atoms with Crippen molar-refractivity contribution in [1.29, 1.82) is 0 Å². The summed E-state index contributed by atoms with van der Waals surface area (Å²) in [5, 5.41) is 7.90. The second-order valence-electron chi connectivity index (χ2n) is 5.50. The summed E-state index contributed by atoms with van der Waals surface area (Å²) in [5.74, 6) is 0.558. The Balaban J connectivity index is 1.92. The minimum atomic E-state index is 0.558. The molecule has 0 bridgehead atoms. The molecule has 0 aliphatic rings. The van der Waals surface area contributed by atoms with Gasteiger partial charge in [0, 0.05) is 12.7 Å². The Morgan fingerprint density at radius 3 is 2.55 bits per heavy atom. The lowest BCUT2D eigenvalue weighted by molar-refractivity contribution is 0.608. The van der Waals surface area contributed by atoms with E-state index in [1.807, 2.05) is 23.9 Å². The van der Waals surface area contributed by atoms with Crippen molar-refractivity contribution in [3.63, 3.8) is 0 Å². The van der Waals surface area contributed by atoms with Crippen LogP contribution >= 0.6 is 0 Å². The van der Waals surface area contributed by atoms with Gasteiger partial charge in [-0.15, -0.1) is 0 Å². The van der Waals surface area contributed by atoms with Gasteiger partial charge in [0.05, 0.1) is 12.2 Å². The van der Waals surface area contributed by atoms with Crippen molar-refractivity contribution in [3.8, 4) is 0 Å². The van der Waals surface area contributed by atoms with Crippen LogP contribution in [0.25, 0.3) is 0 Å². The van der Waals surface area contributed by atoms with Gasteiger partial charge in [0.25, 0.3) is 0 Å². The molecule has 3 nitrogen and oxygen atoms in total. The third-order valence-electron chi connectivity index (χ3n) is 3.54. The maximum atomic E-state index is 4.42. The average Bonchev–Trinajstić information content (AvgIpc) is 2.85. The van der Waals surface area contributed by atoms with Gasteiger partial charge in [-0.3, -0.25) is 4.68 Å². The van der Waals surface area contributed by atoms with E-state index in [1.54, 1.807) is 0 Å². The molecule has 0 saturated carbocycles. The maximum absolute atomic E-state index is 4.42. The molecule has 0 saturated heterocycles. The summed E-state index contributed by atoms with van der Waals surface area (Å²) in [7, 11) is 0. The quantitative estimate of drug-likeness (QED) is 0.783. The number of aromatic nitrogens is 2. The molecule has 2 aromatic rings. The molecule has 20 heavy (non-hydrogen) atoms. The number of hydrogen-bond donors (Lipinski definition) is 1. The third kappa shape index (κ3) is 4.20. The molecule has 108 valence electrons. The molecule has 0 aliphatic carbocycles. The SMILES string of the molecule is CCCNCC(C)c1ccc(Cn2ccc(C)n2)cc1. The summed E-state index contributed by atoms with van der Waals surface area (Å²) >= 11 is 0. The van der Waals surface area contributed by atoms with Crippen molar-refractivity contribution in [2.75, 3.05) is 13.1 Å². The normalized spacial score (nSPS) is 12.6. The van der Waals surface area contributed by atoms with Gasteiger partial charge in [0.1, 0.15) is 0 Å². The Labute approximate surface area is 122 Å². The van der Waals surface area contributed by atoms with E-state index >= 15 is 0 Å². The summed E-state index contributed by atoms with van der Waals surface area (Å²) in [5.41, 5.74) is 3.76. The Morgan fingerprint density at radius 2 is 1.95 bits per heavy atom. The lowest BCUT2D eigenvalue weighted by Crippen LogP contribution is -2.20. The van der Waals surface area contributed by atoms with Crippen LogP contribution in [0.4, 0.5) is 0 Å². The second kappa shape index (κ2) is 7.25. The van der Waals surface area contributed by atoms with Crippen molar-refractivity contribution < 1.29 is 0 Å². The van der Waals surface area contributed by atoms with Crippen LogP contribution < -0.4 is 5.32 Å². The molecule has 0 amide bonds. The third-order valence-corrected chi connectivity index (χ3v) is 3.54. The number of benzene rings is 1. The summed E-state index contributed by atoms with van der Waals surface area (Å²) in [6.07, 6.45) is 3.22. The number of nitrogens with one attached hydrogen (secondary N) is 1. The molecular weight excluding hydrogens is 246 g/mol. The molecule has 1 atom stereocenters. The van der Waals surface area contributed by atoms with Gasteiger partial charge >= 0.3 is 0 Å². The van der Waals surface area contributed by atoms with Crippen molar-refractivity contribution in [2.45, 2.75) is 39.7 Å². The van der Waals surface area contributed by atoms with Gasteiger partial charge in [0.15, 0.2) is 0 Å². The van der Waals surface area contributed by atoms with Crippen LogP contribution in [0.2, 0.25) is 0 Å². The summed E-state index contributed by atoms with van der Waals surface area (Å²) in [6.45, 7) is 9.48. The van der Waals surface area contributed by atoms with Gasteiger partial charge in [0.2, 0.25) is 0 Å². The van der Waals surface area contributed by atoms with Gasteiger partial charge in [-0.2, -0.15) is 5.10 Å². The molecule has 3 heteroatoms. The van der Waals surface area contributed by atoms with Crippen LogP contribution in [-0.4, -0.2) is 22.9 Å². The minimum absolute atomic E-state index is 0.558. The zero-order chi connectivity index (χ0) is 14.4. The molecular formula is C17H25N3. The van der Waals surface area contributed by atoms with Crippen LogP contribution in [0.5, 0.6) is 0 Å². The fraction of sp³-hybridized carbons (Fsp3) is 0.471. The molecule has 0 aliphatic heterocycles. The first-order valence-electron chi connectivity index (χ1n) is 7.48. The predicted octanol–water partition coefficient (Wildman–Crippen LogP) is 3.34. The first kappa shape index (κ1) is 14.8. The highest BCUT2D eigenvalue weighted by Crippen LogP contribution is 2.15. The monoisotopic (exact) mass is 271 g/mol. The topological polar surface area (TPSA) is 29.9 Å².